The first-order valence-corrected chi connectivity index (χ1v) is 9.98. The summed E-state index contributed by atoms with van der Waals surface area (Å²) >= 11 is 1.17. The second-order valence-electron chi connectivity index (χ2n) is 6.08. The average Bonchev–Trinajstić information content (AvgIpc) is 3.16. The molecule has 0 spiro atoms. The number of benzene rings is 2. The van der Waals surface area contributed by atoms with Crippen molar-refractivity contribution in [1.29, 1.82) is 0 Å². The fraction of sp³-hybridized carbons (Fsp3) is 0.136. The van der Waals surface area contributed by atoms with E-state index in [1.165, 1.54) is 23.5 Å². The van der Waals surface area contributed by atoms with Gasteiger partial charge in [0.2, 0.25) is 0 Å². The van der Waals surface area contributed by atoms with Gasteiger partial charge in [-0.2, -0.15) is 0 Å². The Morgan fingerprint density at radius 3 is 2.37 bits per heavy atom. The van der Waals surface area contributed by atoms with Crippen LogP contribution in [0.15, 0.2) is 60.0 Å². The smallest absolute Gasteiger partial charge is 0.342 e. The molecule has 3 rings (SSSR count). The van der Waals surface area contributed by atoms with Crippen LogP contribution in [0.1, 0.15) is 27.6 Å². The predicted molar refractivity (Wildman–Crippen MR) is 113 cm³/mol. The molecule has 2 N–H and O–H groups in total. The zero-order chi connectivity index (χ0) is 21.5. The average molecular weight is 425 g/mol. The number of anilines is 1. The number of aromatic hydroxyl groups is 1. The number of phenols is 1. The minimum absolute atomic E-state index is 0.0417. The van der Waals surface area contributed by atoms with Crippen molar-refractivity contribution < 1.29 is 29.0 Å². The Kier molecular flexibility index (Phi) is 6.82. The van der Waals surface area contributed by atoms with Gasteiger partial charge in [-0.3, -0.25) is 4.79 Å². The number of ether oxygens (including phenoxy) is 2. The van der Waals surface area contributed by atoms with Gasteiger partial charge in [0.15, 0.2) is 6.61 Å². The van der Waals surface area contributed by atoms with Crippen molar-refractivity contribution in [1.82, 2.24) is 0 Å². The molecular formula is C22H19NO6S. The van der Waals surface area contributed by atoms with E-state index >= 15 is 0 Å². The maximum Gasteiger partial charge on any atom is 0.342 e. The molecule has 1 heterocycles. The van der Waals surface area contributed by atoms with Gasteiger partial charge in [0.25, 0.3) is 5.91 Å². The summed E-state index contributed by atoms with van der Waals surface area (Å²) in [7, 11) is 0. The molecule has 0 aliphatic carbocycles. The summed E-state index contributed by atoms with van der Waals surface area (Å²) in [6.45, 7) is 1.31. The Balaban J connectivity index is 1.75. The van der Waals surface area contributed by atoms with Crippen molar-refractivity contribution in [2.45, 2.75) is 6.92 Å². The number of phenolic OH excluding ortho intramolecular Hbond substituents is 1. The van der Waals surface area contributed by atoms with Gasteiger partial charge in [0, 0.05) is 10.9 Å². The van der Waals surface area contributed by atoms with Crippen LogP contribution in [0, 0.1) is 0 Å². The number of rotatable bonds is 7. The highest BCUT2D eigenvalue weighted by atomic mass is 32.1. The lowest BCUT2D eigenvalue weighted by molar-refractivity contribution is -0.119. The van der Waals surface area contributed by atoms with Gasteiger partial charge in [-0.05, 0) is 24.6 Å². The molecule has 7 nitrogen and oxygen atoms in total. The van der Waals surface area contributed by atoms with Crippen LogP contribution in [0.2, 0.25) is 0 Å². The zero-order valence-corrected chi connectivity index (χ0v) is 16.9. The number of para-hydroxylation sites is 1. The van der Waals surface area contributed by atoms with Gasteiger partial charge in [-0.15, -0.1) is 11.3 Å². The van der Waals surface area contributed by atoms with Crippen molar-refractivity contribution in [2.75, 3.05) is 18.5 Å². The van der Waals surface area contributed by atoms with Crippen LogP contribution in [0.4, 0.5) is 5.00 Å². The Hall–Kier alpha value is -3.65. The Bertz CT molecular complexity index is 1060. The largest absolute Gasteiger partial charge is 0.507 e. The van der Waals surface area contributed by atoms with E-state index < -0.39 is 24.5 Å². The molecule has 30 heavy (non-hydrogen) atoms. The van der Waals surface area contributed by atoms with Gasteiger partial charge in [-0.1, -0.05) is 42.5 Å². The highest BCUT2D eigenvalue weighted by Crippen LogP contribution is 2.36. The summed E-state index contributed by atoms with van der Waals surface area (Å²) in [5, 5.41) is 14.3. The van der Waals surface area contributed by atoms with Crippen LogP contribution < -0.4 is 5.32 Å². The normalized spacial score (nSPS) is 10.3. The fourth-order valence-corrected chi connectivity index (χ4v) is 3.68. The molecule has 154 valence electrons. The molecule has 2 aromatic carbocycles. The molecule has 0 bridgehead atoms. The summed E-state index contributed by atoms with van der Waals surface area (Å²) in [5.41, 5.74) is 1.65. The fourth-order valence-electron chi connectivity index (χ4n) is 2.70. The Morgan fingerprint density at radius 1 is 0.967 bits per heavy atom. The molecular weight excluding hydrogens is 406 g/mol. The van der Waals surface area contributed by atoms with E-state index in [0.717, 1.165) is 5.56 Å². The van der Waals surface area contributed by atoms with Gasteiger partial charge < -0.3 is 19.9 Å². The minimum atomic E-state index is -0.829. The topological polar surface area (TPSA) is 102 Å². The van der Waals surface area contributed by atoms with Crippen LogP contribution in [-0.2, 0) is 14.3 Å². The predicted octanol–water partition coefficient (Wildman–Crippen LogP) is 4.09. The summed E-state index contributed by atoms with van der Waals surface area (Å²) in [6, 6.07) is 15.1. The molecule has 0 radical (unpaired) electrons. The van der Waals surface area contributed by atoms with Gasteiger partial charge in [0.05, 0.1) is 6.61 Å². The van der Waals surface area contributed by atoms with E-state index in [1.54, 1.807) is 24.4 Å². The van der Waals surface area contributed by atoms with Gasteiger partial charge in [0.1, 0.15) is 21.9 Å². The van der Waals surface area contributed by atoms with Crippen molar-refractivity contribution >= 4 is 34.2 Å². The van der Waals surface area contributed by atoms with Crippen LogP contribution in [0.25, 0.3) is 11.1 Å². The number of esters is 2. The third-order valence-corrected chi connectivity index (χ3v) is 4.96. The molecule has 1 amide bonds. The molecule has 8 heteroatoms. The van der Waals surface area contributed by atoms with Gasteiger partial charge in [-0.25, -0.2) is 9.59 Å². The van der Waals surface area contributed by atoms with Crippen LogP contribution in [0.3, 0.4) is 0 Å². The highest BCUT2D eigenvalue weighted by Gasteiger charge is 2.23. The number of hydrogen-bond donors (Lipinski definition) is 2. The van der Waals surface area contributed by atoms with Crippen LogP contribution >= 0.6 is 11.3 Å². The first kappa shape index (κ1) is 21.1. The standard InChI is InChI=1S/C22H19NO6S/c1-2-28-22(27)19-16(14-8-4-3-5-9-14)13-30-20(19)23-18(25)12-29-21(26)15-10-6-7-11-17(15)24/h3-11,13,24H,2,12H2,1H3,(H,23,25). The van der Waals surface area contributed by atoms with Crippen molar-refractivity contribution in [3.8, 4) is 16.9 Å². The number of carbonyl (C=O) groups is 3. The van der Waals surface area contributed by atoms with Gasteiger partial charge >= 0.3 is 11.9 Å². The Labute approximate surface area is 176 Å². The summed E-state index contributed by atoms with van der Waals surface area (Å²) in [6.07, 6.45) is 0. The lowest BCUT2D eigenvalue weighted by atomic mass is 10.0. The number of thiophene rings is 1. The van der Waals surface area contributed by atoms with Crippen molar-refractivity contribution in [2.24, 2.45) is 0 Å². The maximum absolute atomic E-state index is 12.5. The quantitative estimate of drug-likeness (QED) is 0.553. The van der Waals surface area contributed by atoms with E-state index in [9.17, 15) is 19.5 Å². The van der Waals surface area contributed by atoms with E-state index in [1.807, 2.05) is 30.3 Å². The Morgan fingerprint density at radius 2 is 1.67 bits per heavy atom. The number of nitrogens with one attached hydrogen (secondary N) is 1. The number of amides is 1. The second kappa shape index (κ2) is 9.71. The summed E-state index contributed by atoms with van der Waals surface area (Å²) < 4.78 is 10.1. The molecule has 0 unspecified atom stereocenters. The van der Waals surface area contributed by atoms with Crippen LogP contribution in [0.5, 0.6) is 5.75 Å². The van der Waals surface area contributed by atoms with E-state index in [4.69, 9.17) is 9.47 Å². The highest BCUT2D eigenvalue weighted by molar-refractivity contribution is 7.15. The second-order valence-corrected chi connectivity index (χ2v) is 6.96. The molecule has 1 aromatic heterocycles. The molecule has 0 aliphatic heterocycles. The van der Waals surface area contributed by atoms with Crippen molar-refractivity contribution in [3.63, 3.8) is 0 Å². The van der Waals surface area contributed by atoms with E-state index in [0.29, 0.717) is 10.6 Å². The molecule has 0 fully saturated rings. The van der Waals surface area contributed by atoms with Crippen molar-refractivity contribution in [3.05, 3.63) is 71.1 Å². The maximum atomic E-state index is 12.5. The molecule has 3 aromatic rings. The minimum Gasteiger partial charge on any atom is -0.507 e. The molecule has 0 saturated carbocycles. The number of hydrogen-bond acceptors (Lipinski definition) is 7. The lowest BCUT2D eigenvalue weighted by Crippen LogP contribution is -2.21. The van der Waals surface area contributed by atoms with E-state index in [-0.39, 0.29) is 23.5 Å². The zero-order valence-electron chi connectivity index (χ0n) is 16.1. The SMILES string of the molecule is CCOC(=O)c1c(-c2ccccc2)csc1NC(=O)COC(=O)c1ccccc1O. The lowest BCUT2D eigenvalue weighted by Gasteiger charge is -2.09. The summed E-state index contributed by atoms with van der Waals surface area (Å²) in [4.78, 5) is 36.9. The van der Waals surface area contributed by atoms with E-state index in [2.05, 4.69) is 5.32 Å². The molecule has 0 aliphatic rings. The summed E-state index contributed by atoms with van der Waals surface area (Å²) in [5.74, 6) is -2.24. The third-order valence-electron chi connectivity index (χ3n) is 4.07. The third kappa shape index (κ3) is 4.84. The van der Waals surface area contributed by atoms with Crippen LogP contribution in [-0.4, -0.2) is 36.2 Å². The monoisotopic (exact) mass is 425 g/mol. The first-order chi connectivity index (χ1) is 14.5. The first-order valence-electron chi connectivity index (χ1n) is 9.10. The number of carbonyl (C=O) groups excluding carboxylic acids is 3. The molecule has 0 saturated heterocycles. The molecule has 0 atom stereocenters.